The van der Waals surface area contributed by atoms with Gasteiger partial charge >= 0.3 is 6.18 Å². The van der Waals surface area contributed by atoms with E-state index in [2.05, 4.69) is 10.3 Å². The van der Waals surface area contributed by atoms with Crippen LogP contribution in [-0.2, 0) is 13.0 Å². The van der Waals surface area contributed by atoms with E-state index in [4.69, 9.17) is 16.3 Å². The van der Waals surface area contributed by atoms with Crippen molar-refractivity contribution in [2.75, 3.05) is 13.2 Å². The number of nitrogens with one attached hydrogen (secondary N) is 2. The number of aromatic amines is 1. The molecule has 2 N–H and O–H groups in total. The van der Waals surface area contributed by atoms with Crippen LogP contribution in [0.3, 0.4) is 0 Å². The average Bonchev–Trinajstić information content (AvgIpc) is 3.01. The number of benzene rings is 2. The molecular formula is C19H18ClF3N2O. The number of alkyl halides is 3. The van der Waals surface area contributed by atoms with Crippen molar-refractivity contribution in [3.8, 4) is 5.75 Å². The lowest BCUT2D eigenvalue weighted by molar-refractivity contribution is -0.153. The maximum Gasteiger partial charge on any atom is 0.422 e. The van der Waals surface area contributed by atoms with Gasteiger partial charge < -0.3 is 15.0 Å². The van der Waals surface area contributed by atoms with E-state index in [9.17, 15) is 13.2 Å². The largest absolute Gasteiger partial charge is 0.484 e. The zero-order chi connectivity index (χ0) is 18.6. The van der Waals surface area contributed by atoms with Gasteiger partial charge in [0.05, 0.1) is 5.02 Å². The molecule has 0 unspecified atom stereocenters. The molecule has 0 bridgehead atoms. The first-order valence-corrected chi connectivity index (χ1v) is 8.54. The van der Waals surface area contributed by atoms with E-state index in [1.54, 1.807) is 12.1 Å². The van der Waals surface area contributed by atoms with E-state index in [1.165, 1.54) is 6.07 Å². The number of halogens is 4. The van der Waals surface area contributed by atoms with E-state index in [-0.39, 0.29) is 5.75 Å². The molecular weight excluding hydrogens is 365 g/mol. The second-order valence-electron chi connectivity index (χ2n) is 5.95. The molecule has 0 aliphatic rings. The van der Waals surface area contributed by atoms with Crippen LogP contribution in [0.25, 0.3) is 10.9 Å². The molecule has 26 heavy (non-hydrogen) atoms. The van der Waals surface area contributed by atoms with Gasteiger partial charge in [0.15, 0.2) is 6.61 Å². The first kappa shape index (κ1) is 18.6. The number of ether oxygens (including phenoxy) is 1. The average molecular weight is 383 g/mol. The Bertz CT molecular complexity index is 877. The van der Waals surface area contributed by atoms with Crippen molar-refractivity contribution < 1.29 is 17.9 Å². The van der Waals surface area contributed by atoms with E-state index >= 15 is 0 Å². The molecule has 0 saturated heterocycles. The number of fused-ring (bicyclic) bond motifs is 1. The van der Waals surface area contributed by atoms with Crippen molar-refractivity contribution in [3.05, 3.63) is 64.8 Å². The fourth-order valence-corrected chi connectivity index (χ4v) is 3.07. The first-order valence-electron chi connectivity index (χ1n) is 8.16. The molecule has 2 aromatic carbocycles. The van der Waals surface area contributed by atoms with Gasteiger partial charge in [-0.3, -0.25) is 0 Å². The van der Waals surface area contributed by atoms with Crippen LogP contribution in [0.1, 0.15) is 11.1 Å². The summed E-state index contributed by atoms with van der Waals surface area (Å²) in [5.41, 5.74) is 2.99. The molecule has 0 atom stereocenters. The summed E-state index contributed by atoms with van der Waals surface area (Å²) in [6.07, 6.45) is -1.60. The maximum absolute atomic E-state index is 12.2. The molecule has 3 aromatic rings. The summed E-state index contributed by atoms with van der Waals surface area (Å²) in [5.74, 6) is 0.213. The quantitative estimate of drug-likeness (QED) is 0.558. The third-order valence-electron chi connectivity index (χ3n) is 3.94. The minimum Gasteiger partial charge on any atom is -0.484 e. The van der Waals surface area contributed by atoms with E-state index < -0.39 is 12.8 Å². The molecule has 3 rings (SSSR count). The Morgan fingerprint density at radius 2 is 1.92 bits per heavy atom. The molecule has 0 aliphatic heterocycles. The molecule has 138 valence electrons. The zero-order valence-corrected chi connectivity index (χ0v) is 14.6. The number of aromatic nitrogens is 1. The fourth-order valence-electron chi connectivity index (χ4n) is 2.77. The van der Waals surface area contributed by atoms with Crippen LogP contribution in [0.4, 0.5) is 13.2 Å². The standard InChI is InChI=1S/C19H18ClF3N2O/c20-16-5-2-6-17-18(16)14(11-25-17)7-8-24-10-13-3-1-4-15(9-13)26-12-19(21,22)23/h1-6,9,11,24-25H,7-8,10,12H2. The normalized spacial score (nSPS) is 11.8. The van der Waals surface area contributed by atoms with Gasteiger partial charge in [0.2, 0.25) is 0 Å². The lowest BCUT2D eigenvalue weighted by Crippen LogP contribution is -2.19. The van der Waals surface area contributed by atoms with Gasteiger partial charge in [0, 0.05) is 23.6 Å². The Kier molecular flexibility index (Phi) is 5.74. The Balaban J connectivity index is 1.52. The number of hydrogen-bond acceptors (Lipinski definition) is 2. The Morgan fingerprint density at radius 1 is 1.12 bits per heavy atom. The Hall–Kier alpha value is -2.18. The highest BCUT2D eigenvalue weighted by Gasteiger charge is 2.28. The summed E-state index contributed by atoms with van der Waals surface area (Å²) in [4.78, 5) is 3.20. The highest BCUT2D eigenvalue weighted by Crippen LogP contribution is 2.26. The third kappa shape index (κ3) is 4.93. The molecule has 0 radical (unpaired) electrons. The molecule has 0 saturated carbocycles. The Morgan fingerprint density at radius 3 is 2.73 bits per heavy atom. The van der Waals surface area contributed by atoms with Gasteiger partial charge in [-0.2, -0.15) is 13.2 Å². The monoisotopic (exact) mass is 382 g/mol. The smallest absolute Gasteiger partial charge is 0.422 e. The summed E-state index contributed by atoms with van der Waals surface area (Å²) in [6.45, 7) is -0.0314. The van der Waals surface area contributed by atoms with Crippen molar-refractivity contribution in [2.24, 2.45) is 0 Å². The minimum absolute atomic E-state index is 0.213. The fraction of sp³-hybridized carbons (Fsp3) is 0.263. The molecule has 1 heterocycles. The third-order valence-corrected chi connectivity index (χ3v) is 4.25. The summed E-state index contributed by atoms with van der Waals surface area (Å²) in [5, 5.41) is 5.03. The predicted octanol–water partition coefficient (Wildman–Crippen LogP) is 5.09. The molecule has 7 heteroatoms. The second-order valence-corrected chi connectivity index (χ2v) is 6.36. The predicted molar refractivity (Wildman–Crippen MR) is 96.7 cm³/mol. The summed E-state index contributed by atoms with van der Waals surface area (Å²) in [6, 6.07) is 12.4. The van der Waals surface area contributed by atoms with Crippen molar-refractivity contribution in [3.63, 3.8) is 0 Å². The van der Waals surface area contributed by atoms with E-state index in [0.717, 1.165) is 28.5 Å². The molecule has 0 spiro atoms. The van der Waals surface area contributed by atoms with Crippen molar-refractivity contribution in [1.82, 2.24) is 10.3 Å². The Labute approximate surface area is 154 Å². The van der Waals surface area contributed by atoms with E-state index in [1.807, 2.05) is 30.5 Å². The summed E-state index contributed by atoms with van der Waals surface area (Å²) < 4.78 is 41.4. The highest BCUT2D eigenvalue weighted by molar-refractivity contribution is 6.35. The van der Waals surface area contributed by atoms with Crippen molar-refractivity contribution in [1.29, 1.82) is 0 Å². The number of rotatable bonds is 7. The highest BCUT2D eigenvalue weighted by atomic mass is 35.5. The van der Waals surface area contributed by atoms with Gasteiger partial charge in [0.25, 0.3) is 0 Å². The topological polar surface area (TPSA) is 37.0 Å². The van der Waals surface area contributed by atoms with Crippen LogP contribution in [0.15, 0.2) is 48.7 Å². The second kappa shape index (κ2) is 8.01. The van der Waals surface area contributed by atoms with Crippen LogP contribution in [0.5, 0.6) is 5.75 Å². The van der Waals surface area contributed by atoms with Crippen LogP contribution >= 0.6 is 11.6 Å². The van der Waals surface area contributed by atoms with Gasteiger partial charge in [-0.15, -0.1) is 0 Å². The van der Waals surface area contributed by atoms with E-state index in [0.29, 0.717) is 18.1 Å². The molecule has 0 aliphatic carbocycles. The first-order chi connectivity index (χ1) is 12.4. The van der Waals surface area contributed by atoms with Crippen LogP contribution in [-0.4, -0.2) is 24.3 Å². The molecule has 0 amide bonds. The maximum atomic E-state index is 12.2. The lowest BCUT2D eigenvalue weighted by atomic mass is 10.1. The molecule has 1 aromatic heterocycles. The summed E-state index contributed by atoms with van der Waals surface area (Å²) >= 11 is 6.26. The zero-order valence-electron chi connectivity index (χ0n) is 13.9. The lowest BCUT2D eigenvalue weighted by Gasteiger charge is -2.10. The van der Waals surface area contributed by atoms with Crippen LogP contribution in [0, 0.1) is 0 Å². The van der Waals surface area contributed by atoms with Crippen molar-refractivity contribution in [2.45, 2.75) is 19.1 Å². The van der Waals surface area contributed by atoms with Gasteiger partial charge in [-0.1, -0.05) is 29.8 Å². The van der Waals surface area contributed by atoms with Gasteiger partial charge in [-0.05, 0) is 48.4 Å². The molecule has 0 fully saturated rings. The van der Waals surface area contributed by atoms with Gasteiger partial charge in [-0.25, -0.2) is 0 Å². The molecule has 3 nitrogen and oxygen atoms in total. The van der Waals surface area contributed by atoms with Gasteiger partial charge in [0.1, 0.15) is 5.75 Å². The summed E-state index contributed by atoms with van der Waals surface area (Å²) in [7, 11) is 0. The number of hydrogen-bond donors (Lipinski definition) is 2. The SMILES string of the molecule is FC(F)(F)COc1cccc(CNCCc2c[nH]c3cccc(Cl)c23)c1. The number of H-pyrrole nitrogens is 1. The van der Waals surface area contributed by atoms with Crippen LogP contribution in [0.2, 0.25) is 5.02 Å². The van der Waals surface area contributed by atoms with Crippen molar-refractivity contribution >= 4 is 22.5 Å². The minimum atomic E-state index is -4.34. The van der Waals surface area contributed by atoms with Crippen LogP contribution < -0.4 is 10.1 Å².